The largest absolute Gasteiger partial charge is 0.352 e. The predicted molar refractivity (Wildman–Crippen MR) is 88.5 cm³/mol. The van der Waals surface area contributed by atoms with Crippen LogP contribution in [-0.2, 0) is 9.59 Å². The maximum absolute atomic E-state index is 12.3. The van der Waals surface area contributed by atoms with Crippen molar-refractivity contribution in [2.45, 2.75) is 38.8 Å². The monoisotopic (exact) mass is 335 g/mol. The van der Waals surface area contributed by atoms with Gasteiger partial charge in [0.2, 0.25) is 17.7 Å². The van der Waals surface area contributed by atoms with Crippen LogP contribution in [0.4, 0.5) is 5.88 Å². The molecule has 2 heterocycles. The normalized spacial score (nSPS) is 20.6. The quantitative estimate of drug-likeness (QED) is 0.772. The molecule has 2 N–H and O–H groups in total. The lowest BCUT2D eigenvalue weighted by molar-refractivity contribution is -0.125. The summed E-state index contributed by atoms with van der Waals surface area (Å²) in [5.41, 5.74) is 0.732. The number of piperazine rings is 1. The maximum Gasteiger partial charge on any atom is 0.243 e. The molecule has 1 aromatic rings. The van der Waals surface area contributed by atoms with Crippen LogP contribution in [0.25, 0.3) is 0 Å². The number of aromatic nitrogens is 1. The van der Waals surface area contributed by atoms with Gasteiger partial charge in [0.15, 0.2) is 0 Å². The Labute approximate surface area is 141 Å². The van der Waals surface area contributed by atoms with E-state index in [0.717, 1.165) is 44.7 Å². The summed E-state index contributed by atoms with van der Waals surface area (Å²) in [4.78, 5) is 28.4. The van der Waals surface area contributed by atoms with Gasteiger partial charge in [-0.1, -0.05) is 5.16 Å². The molecular formula is C16H25N5O3. The van der Waals surface area contributed by atoms with Crippen molar-refractivity contribution in [1.82, 2.24) is 20.3 Å². The Morgan fingerprint density at radius 2 is 2.04 bits per heavy atom. The van der Waals surface area contributed by atoms with Gasteiger partial charge in [-0.15, -0.1) is 0 Å². The second-order valence-corrected chi connectivity index (χ2v) is 6.65. The van der Waals surface area contributed by atoms with Gasteiger partial charge in [0.05, 0.1) is 18.3 Å². The summed E-state index contributed by atoms with van der Waals surface area (Å²) in [5.74, 6) is 0.378. The number of nitrogens with one attached hydrogen (secondary N) is 2. The van der Waals surface area contributed by atoms with Crippen LogP contribution < -0.4 is 10.6 Å². The van der Waals surface area contributed by atoms with Crippen molar-refractivity contribution >= 4 is 17.7 Å². The summed E-state index contributed by atoms with van der Waals surface area (Å²) in [6.07, 6.45) is 2.22. The highest BCUT2D eigenvalue weighted by atomic mass is 16.5. The molecule has 1 saturated heterocycles. The maximum atomic E-state index is 12.3. The lowest BCUT2D eigenvalue weighted by Crippen LogP contribution is -2.54. The van der Waals surface area contributed by atoms with E-state index in [9.17, 15) is 9.59 Å². The van der Waals surface area contributed by atoms with Crippen molar-refractivity contribution in [1.29, 1.82) is 0 Å². The number of hydrogen-bond acceptors (Lipinski definition) is 6. The molecule has 3 rings (SSSR count). The van der Waals surface area contributed by atoms with Gasteiger partial charge in [-0.3, -0.25) is 24.7 Å². The fourth-order valence-electron chi connectivity index (χ4n) is 2.83. The topological polar surface area (TPSA) is 90.7 Å². The molecular weight excluding hydrogens is 310 g/mol. The molecule has 1 aliphatic carbocycles. The Hall–Kier alpha value is -1.93. The van der Waals surface area contributed by atoms with Crippen molar-refractivity contribution in [2.24, 2.45) is 0 Å². The van der Waals surface area contributed by atoms with Gasteiger partial charge in [0.25, 0.3) is 0 Å². The average Bonchev–Trinajstić information content (AvgIpc) is 3.27. The molecule has 0 radical (unpaired) electrons. The van der Waals surface area contributed by atoms with Crippen molar-refractivity contribution in [3.8, 4) is 0 Å². The fourth-order valence-corrected chi connectivity index (χ4v) is 2.83. The number of carbonyl (C=O) groups is 2. The van der Waals surface area contributed by atoms with E-state index in [1.165, 1.54) is 0 Å². The van der Waals surface area contributed by atoms with Crippen LogP contribution in [0.5, 0.6) is 0 Å². The fraction of sp³-hybridized carbons (Fsp3) is 0.688. The lowest BCUT2D eigenvalue weighted by atomic mass is 10.2. The Morgan fingerprint density at radius 1 is 1.33 bits per heavy atom. The predicted octanol–water partition coefficient (Wildman–Crippen LogP) is 0.206. The van der Waals surface area contributed by atoms with E-state index in [1.807, 2.05) is 6.92 Å². The second-order valence-electron chi connectivity index (χ2n) is 6.65. The van der Waals surface area contributed by atoms with Gasteiger partial charge in [-0.2, -0.15) is 0 Å². The molecule has 1 atom stereocenters. The van der Waals surface area contributed by atoms with Crippen LogP contribution >= 0.6 is 0 Å². The highest BCUT2D eigenvalue weighted by Gasteiger charge is 2.28. The number of aryl methyl sites for hydroxylation is 1. The Bertz CT molecular complexity index is 590. The SMILES string of the molecule is Cc1cc(NC(=O)C(C)N2CCN(CC(=O)NC3CC3)CC2)on1. The smallest absolute Gasteiger partial charge is 0.243 e. The van der Waals surface area contributed by atoms with Gasteiger partial charge in [-0.05, 0) is 26.7 Å². The molecule has 132 valence electrons. The van der Waals surface area contributed by atoms with Crippen LogP contribution in [-0.4, -0.2) is 71.6 Å². The van der Waals surface area contributed by atoms with Crippen molar-refractivity contribution in [3.05, 3.63) is 11.8 Å². The van der Waals surface area contributed by atoms with Crippen LogP contribution in [0.15, 0.2) is 10.6 Å². The summed E-state index contributed by atoms with van der Waals surface area (Å²) in [5, 5.41) is 9.51. The van der Waals surface area contributed by atoms with E-state index < -0.39 is 0 Å². The minimum Gasteiger partial charge on any atom is -0.352 e. The Kier molecular flexibility index (Phi) is 5.15. The van der Waals surface area contributed by atoms with E-state index in [0.29, 0.717) is 18.5 Å². The molecule has 1 saturated carbocycles. The summed E-state index contributed by atoms with van der Waals surface area (Å²) >= 11 is 0. The first kappa shape index (κ1) is 16.9. The lowest BCUT2D eigenvalue weighted by Gasteiger charge is -2.36. The standard InChI is InChI=1S/C16H25N5O3/c1-11-9-15(24-19-11)18-16(23)12(2)21-7-5-20(6-8-21)10-14(22)17-13-3-4-13/h9,12-13H,3-8,10H2,1-2H3,(H,17,22)(H,18,23). The van der Waals surface area contributed by atoms with Gasteiger partial charge in [0, 0.05) is 38.3 Å². The Balaban J connectivity index is 1.41. The highest BCUT2D eigenvalue weighted by molar-refractivity contribution is 5.93. The molecule has 24 heavy (non-hydrogen) atoms. The molecule has 8 heteroatoms. The zero-order valence-electron chi connectivity index (χ0n) is 14.2. The summed E-state index contributed by atoms with van der Waals surface area (Å²) in [6.45, 7) is 7.24. The van der Waals surface area contributed by atoms with Crippen molar-refractivity contribution in [2.75, 3.05) is 38.0 Å². The van der Waals surface area contributed by atoms with Crippen molar-refractivity contribution < 1.29 is 14.1 Å². The van der Waals surface area contributed by atoms with Gasteiger partial charge in [-0.25, -0.2) is 0 Å². The molecule has 2 fully saturated rings. The molecule has 1 unspecified atom stereocenters. The third-order valence-corrected chi connectivity index (χ3v) is 4.52. The van der Waals surface area contributed by atoms with Crippen molar-refractivity contribution in [3.63, 3.8) is 0 Å². The molecule has 1 aliphatic heterocycles. The number of anilines is 1. The molecule has 2 aliphatic rings. The summed E-state index contributed by atoms with van der Waals surface area (Å²) in [6, 6.07) is 1.85. The first-order chi connectivity index (χ1) is 11.5. The van der Waals surface area contributed by atoms with E-state index in [-0.39, 0.29) is 17.9 Å². The van der Waals surface area contributed by atoms with Crippen LogP contribution in [0.3, 0.4) is 0 Å². The molecule has 0 bridgehead atoms. The second kappa shape index (κ2) is 7.31. The highest BCUT2D eigenvalue weighted by Crippen LogP contribution is 2.18. The zero-order chi connectivity index (χ0) is 17.1. The van der Waals surface area contributed by atoms with Crippen LogP contribution in [0.1, 0.15) is 25.5 Å². The number of nitrogens with zero attached hydrogens (tertiary/aromatic N) is 3. The summed E-state index contributed by atoms with van der Waals surface area (Å²) in [7, 11) is 0. The van der Waals surface area contributed by atoms with E-state index in [2.05, 4.69) is 25.6 Å². The van der Waals surface area contributed by atoms with E-state index in [1.54, 1.807) is 13.0 Å². The van der Waals surface area contributed by atoms with Crippen LogP contribution in [0.2, 0.25) is 0 Å². The van der Waals surface area contributed by atoms with E-state index >= 15 is 0 Å². The Morgan fingerprint density at radius 3 is 2.62 bits per heavy atom. The third kappa shape index (κ3) is 4.55. The number of rotatable bonds is 6. The third-order valence-electron chi connectivity index (χ3n) is 4.52. The number of amides is 2. The summed E-state index contributed by atoms with van der Waals surface area (Å²) < 4.78 is 5.02. The molecule has 2 amide bonds. The number of hydrogen-bond donors (Lipinski definition) is 2. The van der Waals surface area contributed by atoms with Gasteiger partial charge < -0.3 is 9.84 Å². The minimum absolute atomic E-state index is 0.105. The average molecular weight is 335 g/mol. The van der Waals surface area contributed by atoms with Gasteiger partial charge in [0.1, 0.15) is 0 Å². The molecule has 8 nitrogen and oxygen atoms in total. The van der Waals surface area contributed by atoms with Gasteiger partial charge >= 0.3 is 0 Å². The molecule has 0 spiro atoms. The van der Waals surface area contributed by atoms with Crippen LogP contribution in [0, 0.1) is 6.92 Å². The first-order valence-electron chi connectivity index (χ1n) is 8.51. The first-order valence-corrected chi connectivity index (χ1v) is 8.51. The molecule has 1 aromatic heterocycles. The van der Waals surface area contributed by atoms with E-state index in [4.69, 9.17) is 4.52 Å². The zero-order valence-corrected chi connectivity index (χ0v) is 14.2. The number of carbonyl (C=O) groups excluding carboxylic acids is 2. The molecule has 0 aromatic carbocycles. The minimum atomic E-state index is -0.252.